The van der Waals surface area contributed by atoms with Crippen LogP contribution in [0, 0.1) is 0 Å². The van der Waals surface area contributed by atoms with E-state index in [9.17, 15) is 0 Å². The molecule has 2 heterocycles. The van der Waals surface area contributed by atoms with E-state index in [4.69, 9.17) is 11.6 Å². The lowest BCUT2D eigenvalue weighted by molar-refractivity contribution is 0.201. The van der Waals surface area contributed by atoms with Crippen molar-refractivity contribution in [3.63, 3.8) is 0 Å². The summed E-state index contributed by atoms with van der Waals surface area (Å²) in [7, 11) is 0. The number of benzene rings is 2. The molecule has 0 saturated carbocycles. The molecule has 1 unspecified atom stereocenters. The number of hydrogen-bond donors (Lipinski definition) is 1. The zero-order valence-electron chi connectivity index (χ0n) is 12.8. The third kappa shape index (κ3) is 3.02. The second-order valence-corrected chi connectivity index (χ2v) is 7.42. The molecule has 23 heavy (non-hydrogen) atoms. The third-order valence-electron chi connectivity index (χ3n) is 4.43. The molecule has 0 radical (unpaired) electrons. The molecule has 1 fully saturated rings. The van der Waals surface area contributed by atoms with Crippen molar-refractivity contribution < 1.29 is 0 Å². The van der Waals surface area contributed by atoms with Gasteiger partial charge in [0, 0.05) is 40.8 Å². The molecule has 4 heteroatoms. The molecular weight excluding hydrogens is 324 g/mol. The van der Waals surface area contributed by atoms with Crippen LogP contribution >= 0.6 is 22.9 Å². The molecule has 1 aromatic heterocycles. The first-order valence-corrected chi connectivity index (χ1v) is 9.20. The number of nitrogens with zero attached hydrogens (tertiary/aromatic N) is 1. The Bertz CT molecular complexity index is 775. The Morgan fingerprint density at radius 3 is 2.52 bits per heavy atom. The number of hydrogen-bond acceptors (Lipinski definition) is 3. The van der Waals surface area contributed by atoms with Gasteiger partial charge in [-0.2, -0.15) is 0 Å². The summed E-state index contributed by atoms with van der Waals surface area (Å²) in [6, 6.07) is 19.4. The first-order chi connectivity index (χ1) is 11.3. The van der Waals surface area contributed by atoms with Crippen LogP contribution in [0.1, 0.15) is 16.5 Å². The molecule has 0 bridgehead atoms. The van der Waals surface area contributed by atoms with Gasteiger partial charge >= 0.3 is 0 Å². The van der Waals surface area contributed by atoms with Crippen LogP contribution < -0.4 is 5.32 Å². The summed E-state index contributed by atoms with van der Waals surface area (Å²) in [6.45, 7) is 4.16. The Hall–Kier alpha value is -1.39. The van der Waals surface area contributed by atoms with Gasteiger partial charge in [0.2, 0.25) is 0 Å². The van der Waals surface area contributed by atoms with Crippen molar-refractivity contribution in [3.05, 3.63) is 70.1 Å². The predicted octanol–water partition coefficient (Wildman–Crippen LogP) is 4.55. The first kappa shape index (κ1) is 15.2. The molecule has 118 valence electrons. The van der Waals surface area contributed by atoms with Crippen molar-refractivity contribution >= 4 is 33.0 Å². The van der Waals surface area contributed by atoms with E-state index < -0.39 is 0 Å². The topological polar surface area (TPSA) is 15.3 Å². The van der Waals surface area contributed by atoms with Crippen molar-refractivity contribution in [1.82, 2.24) is 10.2 Å². The largest absolute Gasteiger partial charge is 0.314 e. The average Bonchev–Trinajstić information content (AvgIpc) is 3.01. The minimum absolute atomic E-state index is 0.239. The number of rotatable bonds is 3. The summed E-state index contributed by atoms with van der Waals surface area (Å²) in [4.78, 5) is 3.92. The molecule has 2 nitrogen and oxygen atoms in total. The fourth-order valence-electron chi connectivity index (χ4n) is 3.30. The van der Waals surface area contributed by atoms with Crippen LogP contribution in [0.15, 0.2) is 54.6 Å². The molecule has 0 spiro atoms. The van der Waals surface area contributed by atoms with Crippen LogP contribution in [0.3, 0.4) is 0 Å². The SMILES string of the molecule is Clc1ccccc1C(c1cc2ccccc2s1)N1CCNCC1. The summed E-state index contributed by atoms with van der Waals surface area (Å²) < 4.78 is 1.34. The lowest BCUT2D eigenvalue weighted by atomic mass is 10.0. The highest BCUT2D eigenvalue weighted by molar-refractivity contribution is 7.19. The average molecular weight is 343 g/mol. The van der Waals surface area contributed by atoms with Crippen LogP contribution in [-0.4, -0.2) is 31.1 Å². The van der Waals surface area contributed by atoms with Gasteiger partial charge in [-0.1, -0.05) is 48.0 Å². The van der Waals surface area contributed by atoms with Gasteiger partial charge in [-0.3, -0.25) is 4.90 Å². The third-order valence-corrected chi connectivity index (χ3v) is 5.94. The van der Waals surface area contributed by atoms with Crippen molar-refractivity contribution in [3.8, 4) is 0 Å². The molecule has 1 aliphatic rings. The highest BCUT2D eigenvalue weighted by Crippen LogP contribution is 2.39. The smallest absolute Gasteiger partial charge is 0.0711 e. The lowest BCUT2D eigenvalue weighted by Gasteiger charge is -2.35. The maximum absolute atomic E-state index is 6.55. The fourth-order valence-corrected chi connectivity index (χ4v) is 4.76. The second kappa shape index (κ2) is 6.62. The number of piperazine rings is 1. The van der Waals surface area contributed by atoms with Gasteiger partial charge in [-0.25, -0.2) is 0 Å². The Kier molecular flexibility index (Phi) is 4.36. The van der Waals surface area contributed by atoms with E-state index >= 15 is 0 Å². The second-order valence-electron chi connectivity index (χ2n) is 5.90. The van der Waals surface area contributed by atoms with E-state index in [1.807, 2.05) is 23.5 Å². The van der Waals surface area contributed by atoms with Gasteiger partial charge in [-0.05, 0) is 29.1 Å². The minimum atomic E-state index is 0.239. The zero-order valence-corrected chi connectivity index (χ0v) is 14.4. The highest BCUT2D eigenvalue weighted by atomic mass is 35.5. The van der Waals surface area contributed by atoms with E-state index in [0.29, 0.717) is 0 Å². The monoisotopic (exact) mass is 342 g/mol. The molecule has 1 atom stereocenters. The number of halogens is 1. The molecular formula is C19H19ClN2S. The normalized spacial score (nSPS) is 17.4. The minimum Gasteiger partial charge on any atom is -0.314 e. The van der Waals surface area contributed by atoms with Gasteiger partial charge in [0.05, 0.1) is 6.04 Å². The molecule has 1 N–H and O–H groups in total. The van der Waals surface area contributed by atoms with Crippen LogP contribution in [0.4, 0.5) is 0 Å². The summed E-state index contributed by atoms with van der Waals surface area (Å²) in [6.07, 6.45) is 0. The van der Waals surface area contributed by atoms with Gasteiger partial charge in [0.25, 0.3) is 0 Å². The highest BCUT2D eigenvalue weighted by Gasteiger charge is 2.27. The molecule has 1 aliphatic heterocycles. The van der Waals surface area contributed by atoms with Gasteiger partial charge in [0.1, 0.15) is 0 Å². The Morgan fingerprint density at radius 1 is 1.00 bits per heavy atom. The molecule has 2 aromatic carbocycles. The van der Waals surface area contributed by atoms with E-state index in [-0.39, 0.29) is 6.04 Å². The quantitative estimate of drug-likeness (QED) is 0.751. The first-order valence-electron chi connectivity index (χ1n) is 8.00. The van der Waals surface area contributed by atoms with Gasteiger partial charge in [0.15, 0.2) is 0 Å². The van der Waals surface area contributed by atoms with Crippen LogP contribution in [0.25, 0.3) is 10.1 Å². The summed E-state index contributed by atoms with van der Waals surface area (Å²) in [5.74, 6) is 0. The zero-order chi connectivity index (χ0) is 15.6. The van der Waals surface area contributed by atoms with E-state index in [2.05, 4.69) is 52.7 Å². The summed E-state index contributed by atoms with van der Waals surface area (Å²) >= 11 is 8.43. The maximum atomic E-state index is 6.55. The Morgan fingerprint density at radius 2 is 1.74 bits per heavy atom. The fraction of sp³-hybridized carbons (Fsp3) is 0.263. The van der Waals surface area contributed by atoms with E-state index in [0.717, 1.165) is 31.2 Å². The predicted molar refractivity (Wildman–Crippen MR) is 99.6 cm³/mol. The Balaban J connectivity index is 1.82. The molecule has 0 aliphatic carbocycles. The molecule has 3 aromatic rings. The number of thiophene rings is 1. The number of fused-ring (bicyclic) bond motifs is 1. The molecule has 0 amide bonds. The van der Waals surface area contributed by atoms with E-state index in [1.54, 1.807) is 0 Å². The standard InChI is InChI=1S/C19H19ClN2S/c20-16-7-3-2-6-15(16)19(22-11-9-21-10-12-22)18-13-14-5-1-4-8-17(14)23-18/h1-8,13,19,21H,9-12H2. The van der Waals surface area contributed by atoms with Gasteiger partial charge < -0.3 is 5.32 Å². The van der Waals surface area contributed by atoms with Crippen LogP contribution in [-0.2, 0) is 0 Å². The summed E-state index contributed by atoms with van der Waals surface area (Å²) in [5.41, 5.74) is 1.21. The number of nitrogens with one attached hydrogen (secondary N) is 1. The van der Waals surface area contributed by atoms with Gasteiger partial charge in [-0.15, -0.1) is 11.3 Å². The van der Waals surface area contributed by atoms with Crippen molar-refractivity contribution in [2.75, 3.05) is 26.2 Å². The van der Waals surface area contributed by atoms with Crippen molar-refractivity contribution in [1.29, 1.82) is 0 Å². The van der Waals surface area contributed by atoms with E-state index in [1.165, 1.54) is 20.5 Å². The van der Waals surface area contributed by atoms with Crippen LogP contribution in [0.2, 0.25) is 5.02 Å². The summed E-state index contributed by atoms with van der Waals surface area (Å²) in [5, 5.41) is 5.62. The van der Waals surface area contributed by atoms with Crippen molar-refractivity contribution in [2.45, 2.75) is 6.04 Å². The Labute approximate surface area is 145 Å². The molecule has 1 saturated heterocycles. The van der Waals surface area contributed by atoms with Crippen LogP contribution in [0.5, 0.6) is 0 Å². The molecule has 4 rings (SSSR count). The maximum Gasteiger partial charge on any atom is 0.0711 e. The lowest BCUT2D eigenvalue weighted by Crippen LogP contribution is -2.45. The van der Waals surface area contributed by atoms with Crippen molar-refractivity contribution in [2.24, 2.45) is 0 Å².